The highest BCUT2D eigenvalue weighted by Crippen LogP contribution is 2.31. The number of phenolic OH excluding ortho intramolecular Hbond substituents is 1. The fraction of sp³-hybridized carbons (Fsp3) is 0.250. The van der Waals surface area contributed by atoms with Crippen LogP contribution in [0.2, 0.25) is 0 Å². The summed E-state index contributed by atoms with van der Waals surface area (Å²) < 4.78 is 27.2. The number of hydrogen-bond acceptors (Lipinski definition) is 5. The van der Waals surface area contributed by atoms with Gasteiger partial charge in [0.1, 0.15) is 5.75 Å². The number of phenols is 1. The van der Waals surface area contributed by atoms with E-state index in [0.29, 0.717) is 16.3 Å². The smallest absolute Gasteiger partial charge is 0.273 e. The lowest BCUT2D eigenvalue weighted by Crippen LogP contribution is -2.13. The number of aromatic nitrogens is 1. The number of nitrogens with one attached hydrogen (secondary N) is 1. The number of sulfonamides is 1. The van der Waals surface area contributed by atoms with Crippen molar-refractivity contribution in [3.63, 3.8) is 0 Å². The molecule has 0 saturated heterocycles. The van der Waals surface area contributed by atoms with Gasteiger partial charge < -0.3 is 5.11 Å². The maximum absolute atomic E-state index is 12.3. The second kappa shape index (κ2) is 4.82. The molecule has 1 aromatic carbocycles. The summed E-state index contributed by atoms with van der Waals surface area (Å²) in [6.07, 6.45) is 0. The van der Waals surface area contributed by atoms with Crippen LogP contribution in [0.25, 0.3) is 0 Å². The lowest BCUT2D eigenvalue weighted by molar-refractivity contribution is 0.477. The van der Waals surface area contributed by atoms with E-state index in [0.717, 1.165) is 11.3 Å². The Balaban J connectivity index is 2.45. The summed E-state index contributed by atoms with van der Waals surface area (Å²) in [6.45, 7) is 5.13. The second-order valence-corrected chi connectivity index (χ2v) is 7.26. The number of benzene rings is 1. The van der Waals surface area contributed by atoms with Gasteiger partial charge in [0.15, 0.2) is 4.21 Å². The van der Waals surface area contributed by atoms with Gasteiger partial charge in [-0.3, -0.25) is 4.72 Å². The minimum Gasteiger partial charge on any atom is -0.506 e. The monoisotopic (exact) mass is 298 g/mol. The molecule has 0 aliphatic heterocycles. The molecular weight excluding hydrogens is 284 g/mol. The number of hydrogen-bond donors (Lipinski definition) is 2. The van der Waals surface area contributed by atoms with Crippen LogP contribution in [0, 0.1) is 20.8 Å². The van der Waals surface area contributed by atoms with Crippen LogP contribution in [0.1, 0.15) is 16.3 Å². The minimum atomic E-state index is -3.72. The van der Waals surface area contributed by atoms with Crippen LogP contribution < -0.4 is 4.72 Å². The molecule has 0 spiro atoms. The van der Waals surface area contributed by atoms with Gasteiger partial charge >= 0.3 is 0 Å². The Morgan fingerprint density at radius 1 is 1.26 bits per heavy atom. The fourth-order valence-corrected chi connectivity index (χ4v) is 4.36. The number of aryl methyl sites for hydroxylation is 3. The summed E-state index contributed by atoms with van der Waals surface area (Å²) in [4.78, 5) is 4.10. The Morgan fingerprint density at radius 3 is 2.47 bits per heavy atom. The van der Waals surface area contributed by atoms with E-state index in [1.807, 2.05) is 0 Å². The maximum Gasteiger partial charge on any atom is 0.273 e. The third-order valence-electron chi connectivity index (χ3n) is 2.59. The Bertz CT molecular complexity index is 700. The van der Waals surface area contributed by atoms with Crippen molar-refractivity contribution < 1.29 is 13.5 Å². The number of para-hydroxylation sites is 1. The summed E-state index contributed by atoms with van der Waals surface area (Å²) in [6, 6.07) is 4.82. The Morgan fingerprint density at radius 2 is 1.95 bits per heavy atom. The first-order valence-corrected chi connectivity index (χ1v) is 7.86. The molecule has 2 rings (SSSR count). The molecule has 1 heterocycles. The number of rotatable bonds is 3. The molecular formula is C12H14N2O3S2. The number of nitrogens with zero attached hydrogens (tertiary/aromatic N) is 1. The summed E-state index contributed by atoms with van der Waals surface area (Å²) in [5, 5.41) is 10.4. The van der Waals surface area contributed by atoms with Crippen molar-refractivity contribution >= 4 is 27.0 Å². The van der Waals surface area contributed by atoms with Crippen LogP contribution in [0.4, 0.5) is 5.69 Å². The van der Waals surface area contributed by atoms with Crippen molar-refractivity contribution in [1.82, 2.24) is 4.98 Å². The Labute approximate surface area is 116 Å². The first-order valence-electron chi connectivity index (χ1n) is 5.56. The highest BCUT2D eigenvalue weighted by atomic mass is 32.2. The molecule has 0 unspecified atom stereocenters. The Kier molecular flexibility index (Phi) is 3.51. The topological polar surface area (TPSA) is 79.3 Å². The van der Waals surface area contributed by atoms with Crippen molar-refractivity contribution in [2.45, 2.75) is 25.0 Å². The zero-order valence-electron chi connectivity index (χ0n) is 10.8. The van der Waals surface area contributed by atoms with Crippen LogP contribution in [0.5, 0.6) is 5.75 Å². The zero-order chi connectivity index (χ0) is 14.2. The van der Waals surface area contributed by atoms with Crippen LogP contribution in [0.15, 0.2) is 22.4 Å². The third kappa shape index (κ3) is 2.71. The summed E-state index contributed by atoms with van der Waals surface area (Å²) in [5.74, 6) is -0.0949. The number of aromatic hydroxyl groups is 1. The summed E-state index contributed by atoms with van der Waals surface area (Å²) >= 11 is 1.11. The SMILES string of the molecule is Cc1nc(C)c(S(=O)(=O)Nc2c(C)cccc2O)s1. The molecule has 19 heavy (non-hydrogen) atoms. The van der Waals surface area contributed by atoms with Gasteiger partial charge in [-0.05, 0) is 32.4 Å². The molecule has 102 valence electrons. The largest absolute Gasteiger partial charge is 0.506 e. The van der Waals surface area contributed by atoms with Gasteiger partial charge in [0.05, 0.1) is 16.4 Å². The van der Waals surface area contributed by atoms with E-state index < -0.39 is 10.0 Å². The molecule has 7 heteroatoms. The first kappa shape index (κ1) is 13.8. The quantitative estimate of drug-likeness (QED) is 0.854. The highest BCUT2D eigenvalue weighted by molar-refractivity contribution is 7.94. The van der Waals surface area contributed by atoms with Crippen LogP contribution in [-0.4, -0.2) is 18.5 Å². The first-order chi connectivity index (χ1) is 8.81. The van der Waals surface area contributed by atoms with Gasteiger partial charge in [-0.25, -0.2) is 13.4 Å². The van der Waals surface area contributed by atoms with Gasteiger partial charge in [0.25, 0.3) is 10.0 Å². The van der Waals surface area contributed by atoms with E-state index in [-0.39, 0.29) is 15.6 Å². The molecule has 0 radical (unpaired) electrons. The van der Waals surface area contributed by atoms with Crippen LogP contribution >= 0.6 is 11.3 Å². The molecule has 0 atom stereocenters. The van der Waals surface area contributed by atoms with Gasteiger partial charge in [-0.15, -0.1) is 11.3 Å². The molecule has 0 aliphatic carbocycles. The fourth-order valence-electron chi connectivity index (χ4n) is 1.73. The molecule has 2 N–H and O–H groups in total. The molecule has 0 aliphatic rings. The normalized spacial score (nSPS) is 11.5. The molecule has 5 nitrogen and oxygen atoms in total. The minimum absolute atomic E-state index is 0.0949. The predicted octanol–water partition coefficient (Wildman–Crippen LogP) is 2.57. The average Bonchev–Trinajstić information content (AvgIpc) is 2.64. The van der Waals surface area contributed by atoms with Crippen molar-refractivity contribution in [3.8, 4) is 5.75 Å². The van der Waals surface area contributed by atoms with Crippen molar-refractivity contribution in [2.75, 3.05) is 4.72 Å². The summed E-state index contributed by atoms with van der Waals surface area (Å²) in [5.41, 5.74) is 1.32. The zero-order valence-corrected chi connectivity index (χ0v) is 12.4. The average molecular weight is 298 g/mol. The third-order valence-corrected chi connectivity index (χ3v) is 5.62. The van der Waals surface area contributed by atoms with Crippen molar-refractivity contribution in [2.24, 2.45) is 0 Å². The van der Waals surface area contributed by atoms with Gasteiger partial charge in [-0.2, -0.15) is 0 Å². The van der Waals surface area contributed by atoms with Gasteiger partial charge in [0, 0.05) is 0 Å². The lowest BCUT2D eigenvalue weighted by Gasteiger charge is -2.11. The second-order valence-electron chi connectivity index (χ2n) is 4.18. The molecule has 0 amide bonds. The molecule has 0 fully saturated rings. The van der Waals surface area contributed by atoms with E-state index in [4.69, 9.17) is 0 Å². The predicted molar refractivity (Wildman–Crippen MR) is 75.2 cm³/mol. The molecule has 0 bridgehead atoms. The molecule has 1 aromatic heterocycles. The standard InChI is InChI=1S/C12H14N2O3S2/c1-7-5-4-6-10(15)11(7)14-19(16,17)12-8(2)13-9(3)18-12/h4-6,14-15H,1-3H3. The van der Waals surface area contributed by atoms with Crippen molar-refractivity contribution in [3.05, 3.63) is 34.5 Å². The lowest BCUT2D eigenvalue weighted by atomic mass is 10.2. The van der Waals surface area contributed by atoms with E-state index >= 15 is 0 Å². The molecule has 0 saturated carbocycles. The van der Waals surface area contributed by atoms with Gasteiger partial charge in [0.2, 0.25) is 0 Å². The van der Waals surface area contributed by atoms with Crippen LogP contribution in [-0.2, 0) is 10.0 Å². The Hall–Kier alpha value is -1.60. The highest BCUT2D eigenvalue weighted by Gasteiger charge is 2.22. The maximum atomic E-state index is 12.3. The van der Waals surface area contributed by atoms with E-state index in [2.05, 4.69) is 9.71 Å². The van der Waals surface area contributed by atoms with Crippen molar-refractivity contribution in [1.29, 1.82) is 0 Å². The number of thiazole rings is 1. The van der Waals surface area contributed by atoms with Gasteiger partial charge in [-0.1, -0.05) is 12.1 Å². The van der Waals surface area contributed by atoms with E-state index in [1.54, 1.807) is 32.9 Å². The summed E-state index contributed by atoms with van der Waals surface area (Å²) in [7, 11) is -3.72. The number of anilines is 1. The molecule has 2 aromatic rings. The van der Waals surface area contributed by atoms with Crippen LogP contribution in [0.3, 0.4) is 0 Å². The van der Waals surface area contributed by atoms with E-state index in [9.17, 15) is 13.5 Å². The van der Waals surface area contributed by atoms with E-state index in [1.165, 1.54) is 6.07 Å².